The lowest BCUT2D eigenvalue weighted by molar-refractivity contribution is 0.667. The Hall–Kier alpha value is -1.08. The summed E-state index contributed by atoms with van der Waals surface area (Å²) in [4.78, 5) is 0. The molecule has 0 saturated carbocycles. The van der Waals surface area contributed by atoms with E-state index in [0.29, 0.717) is 5.92 Å². The van der Waals surface area contributed by atoms with Crippen molar-refractivity contribution >= 4 is 13.3 Å². The minimum atomic E-state index is -1.56. The van der Waals surface area contributed by atoms with Gasteiger partial charge in [0.2, 0.25) is 0 Å². The summed E-state index contributed by atoms with van der Waals surface area (Å²) in [6.07, 6.45) is 10.1. The first-order chi connectivity index (χ1) is 10.1. The van der Waals surface area contributed by atoms with Gasteiger partial charge in [-0.2, -0.15) is 0 Å². The van der Waals surface area contributed by atoms with Gasteiger partial charge in [-0.1, -0.05) is 93.0 Å². The average molecular weight is 299 g/mol. The zero-order chi connectivity index (χ0) is 15.3. The van der Waals surface area contributed by atoms with Crippen LogP contribution in [-0.4, -0.2) is 8.07 Å². The molecule has 0 heterocycles. The van der Waals surface area contributed by atoms with Crippen molar-refractivity contribution in [2.24, 2.45) is 5.92 Å². The van der Waals surface area contributed by atoms with E-state index in [1.165, 1.54) is 25.3 Å². The highest BCUT2D eigenvalue weighted by atomic mass is 28.3. The number of hydrogen-bond acceptors (Lipinski definition) is 0. The quantitative estimate of drug-likeness (QED) is 0.574. The van der Waals surface area contributed by atoms with Crippen molar-refractivity contribution in [1.82, 2.24) is 0 Å². The second-order valence-electron chi connectivity index (χ2n) is 6.62. The molecule has 1 aromatic carbocycles. The fourth-order valence-electron chi connectivity index (χ4n) is 3.53. The number of unbranched alkanes of at least 4 members (excludes halogenated alkanes) is 1. The van der Waals surface area contributed by atoms with E-state index < -0.39 is 8.07 Å². The van der Waals surface area contributed by atoms with Crippen LogP contribution in [0.4, 0.5) is 0 Å². The van der Waals surface area contributed by atoms with Crippen LogP contribution in [0.1, 0.15) is 46.5 Å². The molecule has 0 nitrogen and oxygen atoms in total. The van der Waals surface area contributed by atoms with Crippen LogP contribution in [0.15, 0.2) is 53.3 Å². The van der Waals surface area contributed by atoms with Crippen molar-refractivity contribution in [3.63, 3.8) is 0 Å². The molecule has 0 aromatic heterocycles. The predicted octanol–water partition coefficient (Wildman–Crippen LogP) is 5.61. The number of hydrogen-bond donors (Lipinski definition) is 0. The maximum Gasteiger partial charge on any atom is 0.115 e. The first kappa shape index (κ1) is 16.3. The maximum absolute atomic E-state index is 2.59. The SMILES string of the molecule is CCCC[Si](C)(C1=CCC=C1C(C)CC)c1ccccc1. The second kappa shape index (κ2) is 7.26. The third-order valence-corrected chi connectivity index (χ3v) is 9.79. The largest absolute Gasteiger partial charge is 0.115 e. The third-order valence-electron chi connectivity index (χ3n) is 5.15. The van der Waals surface area contributed by atoms with Gasteiger partial charge in [-0.05, 0) is 30.4 Å². The molecule has 0 N–H and O–H groups in total. The Morgan fingerprint density at radius 3 is 2.43 bits per heavy atom. The molecule has 0 saturated heterocycles. The highest BCUT2D eigenvalue weighted by Gasteiger charge is 2.36. The van der Waals surface area contributed by atoms with Gasteiger partial charge in [0, 0.05) is 0 Å². The Morgan fingerprint density at radius 2 is 1.81 bits per heavy atom. The van der Waals surface area contributed by atoms with Crippen LogP contribution in [0.5, 0.6) is 0 Å². The summed E-state index contributed by atoms with van der Waals surface area (Å²) in [5, 5.41) is 3.34. The molecule has 2 rings (SSSR count). The van der Waals surface area contributed by atoms with E-state index in [-0.39, 0.29) is 0 Å². The van der Waals surface area contributed by atoms with Gasteiger partial charge in [0.1, 0.15) is 8.07 Å². The number of allylic oxidation sites excluding steroid dienone is 4. The molecule has 0 fully saturated rings. The molecule has 1 aliphatic rings. The highest BCUT2D eigenvalue weighted by molar-refractivity contribution is 6.97. The Balaban J connectivity index is 2.39. The lowest BCUT2D eigenvalue weighted by Crippen LogP contribution is -2.47. The van der Waals surface area contributed by atoms with Crippen molar-refractivity contribution in [2.45, 2.75) is 59.0 Å². The van der Waals surface area contributed by atoms with Crippen LogP contribution < -0.4 is 5.19 Å². The Kier molecular flexibility index (Phi) is 5.63. The number of rotatable bonds is 7. The molecule has 2 atom stereocenters. The van der Waals surface area contributed by atoms with Crippen molar-refractivity contribution < 1.29 is 0 Å². The van der Waals surface area contributed by atoms with Crippen LogP contribution in [-0.2, 0) is 0 Å². The van der Waals surface area contributed by atoms with E-state index in [9.17, 15) is 0 Å². The molecule has 114 valence electrons. The van der Waals surface area contributed by atoms with Gasteiger partial charge in [-0.25, -0.2) is 0 Å². The molecule has 0 amide bonds. The molecule has 0 spiro atoms. The molecule has 1 aromatic rings. The summed E-state index contributed by atoms with van der Waals surface area (Å²) in [7, 11) is -1.56. The van der Waals surface area contributed by atoms with Crippen LogP contribution >= 0.6 is 0 Å². The first-order valence-electron chi connectivity index (χ1n) is 8.60. The minimum Gasteiger partial charge on any atom is -0.0808 e. The molecular weight excluding hydrogens is 268 g/mol. The molecule has 0 radical (unpaired) electrons. The second-order valence-corrected chi connectivity index (χ2v) is 10.9. The summed E-state index contributed by atoms with van der Waals surface area (Å²) >= 11 is 0. The van der Waals surface area contributed by atoms with Gasteiger partial charge in [-0.3, -0.25) is 0 Å². The fourth-order valence-corrected chi connectivity index (χ4v) is 7.94. The summed E-state index contributed by atoms with van der Waals surface area (Å²) in [6.45, 7) is 9.61. The molecule has 0 bridgehead atoms. The van der Waals surface area contributed by atoms with Crippen LogP contribution in [0.3, 0.4) is 0 Å². The lowest BCUT2D eigenvalue weighted by Gasteiger charge is -2.33. The first-order valence-corrected chi connectivity index (χ1v) is 11.3. The fraction of sp³-hybridized carbons (Fsp3) is 0.500. The standard InChI is InChI=1S/C20H30Si/c1-5-7-16-21(4,18-12-9-8-10-13-18)20-15-11-14-19(20)17(3)6-2/h8-10,12-15,17H,5-7,11,16H2,1-4H3. The van der Waals surface area contributed by atoms with Crippen LogP contribution in [0.2, 0.25) is 12.6 Å². The molecule has 1 aliphatic carbocycles. The zero-order valence-corrected chi connectivity index (χ0v) is 15.2. The molecule has 0 aliphatic heterocycles. The summed E-state index contributed by atoms with van der Waals surface area (Å²) < 4.78 is 0. The van der Waals surface area contributed by atoms with Crippen LogP contribution in [0, 0.1) is 5.92 Å². The summed E-state index contributed by atoms with van der Waals surface area (Å²) in [5.41, 5.74) is 1.66. The van der Waals surface area contributed by atoms with E-state index >= 15 is 0 Å². The molecule has 2 unspecified atom stereocenters. The van der Waals surface area contributed by atoms with E-state index in [1.807, 2.05) is 0 Å². The highest BCUT2D eigenvalue weighted by Crippen LogP contribution is 2.37. The van der Waals surface area contributed by atoms with Gasteiger partial charge >= 0.3 is 0 Å². The van der Waals surface area contributed by atoms with Crippen molar-refractivity contribution in [1.29, 1.82) is 0 Å². The topological polar surface area (TPSA) is 0 Å². The lowest BCUT2D eigenvalue weighted by atomic mass is 10.00. The van der Waals surface area contributed by atoms with Crippen molar-refractivity contribution in [3.05, 3.63) is 53.3 Å². The van der Waals surface area contributed by atoms with E-state index in [2.05, 4.69) is 69.8 Å². The Morgan fingerprint density at radius 1 is 1.10 bits per heavy atom. The Bertz CT molecular complexity index is 512. The summed E-state index contributed by atoms with van der Waals surface area (Å²) in [5.74, 6) is 0.705. The monoisotopic (exact) mass is 298 g/mol. The maximum atomic E-state index is 2.59. The van der Waals surface area contributed by atoms with Crippen molar-refractivity contribution in [3.8, 4) is 0 Å². The van der Waals surface area contributed by atoms with Gasteiger partial charge in [0.05, 0.1) is 0 Å². The van der Waals surface area contributed by atoms with Crippen LogP contribution in [0.25, 0.3) is 0 Å². The molecular formula is C20H30Si. The average Bonchev–Trinajstić information content (AvgIpc) is 3.03. The van der Waals surface area contributed by atoms with E-state index in [4.69, 9.17) is 0 Å². The normalized spacial score (nSPS) is 18.9. The number of benzene rings is 1. The predicted molar refractivity (Wildman–Crippen MR) is 97.6 cm³/mol. The van der Waals surface area contributed by atoms with Crippen molar-refractivity contribution in [2.75, 3.05) is 0 Å². The minimum absolute atomic E-state index is 0.705. The molecule has 1 heteroatoms. The molecule has 21 heavy (non-hydrogen) atoms. The van der Waals surface area contributed by atoms with E-state index in [0.717, 1.165) is 6.42 Å². The van der Waals surface area contributed by atoms with Gasteiger partial charge in [0.25, 0.3) is 0 Å². The van der Waals surface area contributed by atoms with Gasteiger partial charge in [-0.15, -0.1) is 0 Å². The smallest absolute Gasteiger partial charge is 0.0808 e. The Labute approximate surface area is 132 Å². The van der Waals surface area contributed by atoms with Gasteiger partial charge in [0.15, 0.2) is 0 Å². The van der Waals surface area contributed by atoms with Gasteiger partial charge < -0.3 is 0 Å². The van der Waals surface area contributed by atoms with E-state index in [1.54, 1.807) is 16.0 Å². The third kappa shape index (κ3) is 3.40. The zero-order valence-electron chi connectivity index (χ0n) is 14.2. The summed E-state index contributed by atoms with van der Waals surface area (Å²) in [6, 6.07) is 12.7.